The largest absolute Gasteiger partial charge is 0.355 e. The van der Waals surface area contributed by atoms with Gasteiger partial charge >= 0.3 is 0 Å². The van der Waals surface area contributed by atoms with Crippen molar-refractivity contribution in [3.05, 3.63) is 12.3 Å². The van der Waals surface area contributed by atoms with Gasteiger partial charge in [-0.15, -0.1) is 0 Å². The number of nitrogens with zero attached hydrogens (tertiary/aromatic N) is 1. The van der Waals surface area contributed by atoms with Crippen LogP contribution >= 0.6 is 0 Å². The molecule has 0 spiro atoms. The van der Waals surface area contributed by atoms with E-state index in [2.05, 4.69) is 10.3 Å². The van der Waals surface area contributed by atoms with E-state index in [0.717, 1.165) is 6.54 Å². The highest BCUT2D eigenvalue weighted by molar-refractivity contribution is 5.96. The van der Waals surface area contributed by atoms with Gasteiger partial charge in [-0.1, -0.05) is 6.08 Å². The van der Waals surface area contributed by atoms with Gasteiger partial charge in [-0.3, -0.25) is 9.79 Å². The summed E-state index contributed by atoms with van der Waals surface area (Å²) in [6.07, 6.45) is 5.44. The molecule has 52 valence electrons. The molecule has 1 fully saturated rings. The van der Waals surface area contributed by atoms with Gasteiger partial charge in [-0.05, 0) is 0 Å². The molecular formula is C7H8N2O. The molecule has 10 heavy (non-hydrogen) atoms. The summed E-state index contributed by atoms with van der Waals surface area (Å²) in [7, 11) is 0. The van der Waals surface area contributed by atoms with Gasteiger partial charge in [0.2, 0.25) is 5.91 Å². The Kier molecular flexibility index (Phi) is 1.09. The Morgan fingerprint density at radius 2 is 2.60 bits per heavy atom. The number of hydrogen-bond acceptors (Lipinski definition) is 2. The van der Waals surface area contributed by atoms with Crippen LogP contribution < -0.4 is 5.32 Å². The molecule has 1 amide bonds. The Balaban J connectivity index is 2.27. The van der Waals surface area contributed by atoms with Crippen LogP contribution in [0.5, 0.6) is 0 Å². The van der Waals surface area contributed by atoms with Crippen LogP contribution in [0.1, 0.15) is 0 Å². The molecule has 1 saturated heterocycles. The standard InChI is InChI=1S/C7H8N2O/c10-7-6-4-8-2-1-5(6)3-9-7/h1-2,4-6H,3H2,(H,9,10)/t5-,6-/m0/s1. The van der Waals surface area contributed by atoms with Crippen molar-refractivity contribution < 1.29 is 4.79 Å². The molecule has 0 saturated carbocycles. The van der Waals surface area contributed by atoms with Gasteiger partial charge in [-0.2, -0.15) is 0 Å². The number of amides is 1. The number of hydrogen-bond donors (Lipinski definition) is 1. The fraction of sp³-hybridized carbons (Fsp3) is 0.429. The highest BCUT2D eigenvalue weighted by Crippen LogP contribution is 2.19. The van der Waals surface area contributed by atoms with Crippen molar-refractivity contribution in [3.8, 4) is 0 Å². The minimum Gasteiger partial charge on any atom is -0.355 e. The summed E-state index contributed by atoms with van der Waals surface area (Å²) in [5.41, 5.74) is 0. The van der Waals surface area contributed by atoms with E-state index in [0.29, 0.717) is 5.92 Å². The smallest absolute Gasteiger partial charge is 0.229 e. The fourth-order valence-corrected chi connectivity index (χ4v) is 1.33. The van der Waals surface area contributed by atoms with E-state index in [1.165, 1.54) is 0 Å². The zero-order valence-electron chi connectivity index (χ0n) is 5.45. The lowest BCUT2D eigenvalue weighted by Crippen LogP contribution is -2.21. The van der Waals surface area contributed by atoms with Crippen LogP contribution in [0.4, 0.5) is 0 Å². The second-order valence-electron chi connectivity index (χ2n) is 2.57. The van der Waals surface area contributed by atoms with E-state index in [4.69, 9.17) is 0 Å². The number of nitrogens with one attached hydrogen (secondary N) is 1. The molecule has 0 aliphatic carbocycles. The Labute approximate surface area is 58.8 Å². The summed E-state index contributed by atoms with van der Waals surface area (Å²) in [5, 5.41) is 2.78. The first-order valence-corrected chi connectivity index (χ1v) is 3.35. The SMILES string of the molecule is O=C1NC[C@@H]2C=CN=C[C@H]12. The van der Waals surface area contributed by atoms with E-state index in [1.54, 1.807) is 12.4 Å². The van der Waals surface area contributed by atoms with Crippen LogP contribution in [-0.2, 0) is 4.79 Å². The summed E-state index contributed by atoms with van der Waals surface area (Å²) in [6, 6.07) is 0. The molecule has 0 aromatic carbocycles. The van der Waals surface area contributed by atoms with Gasteiger partial charge in [0.1, 0.15) is 0 Å². The van der Waals surface area contributed by atoms with Crippen LogP contribution in [0.2, 0.25) is 0 Å². The van der Waals surface area contributed by atoms with E-state index in [1.807, 2.05) is 6.08 Å². The van der Waals surface area contributed by atoms with E-state index < -0.39 is 0 Å². The molecule has 2 rings (SSSR count). The summed E-state index contributed by atoms with van der Waals surface area (Å²) >= 11 is 0. The summed E-state index contributed by atoms with van der Waals surface area (Å²) in [4.78, 5) is 14.9. The molecule has 0 unspecified atom stereocenters. The predicted octanol–water partition coefficient (Wildman–Crippen LogP) is -0.0533. The first-order chi connectivity index (χ1) is 4.88. The molecule has 0 radical (unpaired) electrons. The lowest BCUT2D eigenvalue weighted by atomic mass is 9.95. The van der Waals surface area contributed by atoms with Crippen molar-refractivity contribution in [2.24, 2.45) is 16.8 Å². The monoisotopic (exact) mass is 136 g/mol. The molecule has 2 aliphatic heterocycles. The van der Waals surface area contributed by atoms with E-state index in [-0.39, 0.29) is 11.8 Å². The van der Waals surface area contributed by atoms with E-state index in [9.17, 15) is 4.79 Å². The maximum atomic E-state index is 11.0. The first kappa shape index (κ1) is 5.65. The van der Waals surface area contributed by atoms with Crippen LogP contribution in [-0.4, -0.2) is 18.7 Å². The summed E-state index contributed by atoms with van der Waals surface area (Å²) < 4.78 is 0. The van der Waals surface area contributed by atoms with Gasteiger partial charge in [0.05, 0.1) is 5.92 Å². The number of carbonyl (C=O) groups is 1. The maximum absolute atomic E-state index is 11.0. The maximum Gasteiger partial charge on any atom is 0.229 e. The van der Waals surface area contributed by atoms with Gasteiger partial charge in [-0.25, -0.2) is 0 Å². The Hall–Kier alpha value is -1.12. The predicted molar refractivity (Wildman–Crippen MR) is 37.6 cm³/mol. The average molecular weight is 136 g/mol. The molecule has 0 aromatic heterocycles. The van der Waals surface area contributed by atoms with Crippen molar-refractivity contribution in [1.29, 1.82) is 0 Å². The van der Waals surface area contributed by atoms with Crippen LogP contribution in [0.25, 0.3) is 0 Å². The molecule has 3 nitrogen and oxygen atoms in total. The van der Waals surface area contributed by atoms with Crippen molar-refractivity contribution in [2.75, 3.05) is 6.54 Å². The first-order valence-electron chi connectivity index (χ1n) is 3.35. The molecule has 2 atom stereocenters. The minimum absolute atomic E-state index is 0.00463. The summed E-state index contributed by atoms with van der Waals surface area (Å²) in [5.74, 6) is 0.466. The number of rotatable bonds is 0. The summed E-state index contributed by atoms with van der Waals surface area (Å²) in [6.45, 7) is 0.770. The minimum atomic E-state index is 0.00463. The van der Waals surface area contributed by atoms with Gasteiger partial charge in [0, 0.05) is 24.9 Å². The number of aliphatic imine (C=N–C) groups is 1. The van der Waals surface area contributed by atoms with Crippen molar-refractivity contribution >= 4 is 12.1 Å². The molecule has 1 N–H and O–H groups in total. The fourth-order valence-electron chi connectivity index (χ4n) is 1.33. The van der Waals surface area contributed by atoms with Crippen LogP contribution in [0.15, 0.2) is 17.3 Å². The Morgan fingerprint density at radius 3 is 3.40 bits per heavy atom. The lowest BCUT2D eigenvalue weighted by molar-refractivity contribution is -0.120. The molecular weight excluding hydrogens is 128 g/mol. The van der Waals surface area contributed by atoms with Gasteiger partial charge in [0.15, 0.2) is 0 Å². The third-order valence-corrected chi connectivity index (χ3v) is 1.94. The van der Waals surface area contributed by atoms with Crippen LogP contribution in [0.3, 0.4) is 0 Å². The molecule has 2 heterocycles. The molecule has 3 heteroatoms. The average Bonchev–Trinajstić information content (AvgIpc) is 2.34. The second-order valence-corrected chi connectivity index (χ2v) is 2.57. The lowest BCUT2D eigenvalue weighted by Gasteiger charge is -2.08. The quantitative estimate of drug-likeness (QED) is 0.498. The van der Waals surface area contributed by atoms with Crippen LogP contribution in [0, 0.1) is 11.8 Å². The van der Waals surface area contributed by atoms with Gasteiger partial charge < -0.3 is 5.32 Å². The van der Waals surface area contributed by atoms with Crippen molar-refractivity contribution in [3.63, 3.8) is 0 Å². The zero-order chi connectivity index (χ0) is 6.97. The second kappa shape index (κ2) is 1.94. The van der Waals surface area contributed by atoms with Gasteiger partial charge in [0.25, 0.3) is 0 Å². The number of fused-ring (bicyclic) bond motifs is 1. The molecule has 0 aromatic rings. The third kappa shape index (κ3) is 0.667. The highest BCUT2D eigenvalue weighted by atomic mass is 16.2. The molecule has 2 aliphatic rings. The molecule has 0 bridgehead atoms. The number of carbonyl (C=O) groups excluding carboxylic acids is 1. The normalized spacial score (nSPS) is 35.8. The topological polar surface area (TPSA) is 41.5 Å². The Bertz CT molecular complexity index is 220. The zero-order valence-corrected chi connectivity index (χ0v) is 5.45. The van der Waals surface area contributed by atoms with Crippen molar-refractivity contribution in [1.82, 2.24) is 5.32 Å². The highest BCUT2D eigenvalue weighted by Gasteiger charge is 2.32. The van der Waals surface area contributed by atoms with Crippen molar-refractivity contribution in [2.45, 2.75) is 0 Å². The van der Waals surface area contributed by atoms with E-state index >= 15 is 0 Å². The Morgan fingerprint density at radius 1 is 1.70 bits per heavy atom. The third-order valence-electron chi connectivity index (χ3n) is 1.94.